The summed E-state index contributed by atoms with van der Waals surface area (Å²) in [5.74, 6) is 0. The summed E-state index contributed by atoms with van der Waals surface area (Å²) in [6, 6.07) is 0. The van der Waals surface area contributed by atoms with Gasteiger partial charge in [0.15, 0.2) is 0 Å². The fourth-order valence-corrected chi connectivity index (χ4v) is 3.60. The van der Waals surface area contributed by atoms with Gasteiger partial charge < -0.3 is 14.9 Å². The molecular formula is C22H44Cl2O3. The molecule has 4 atom stereocenters. The van der Waals surface area contributed by atoms with Crippen LogP contribution in [0.4, 0.5) is 0 Å². The first kappa shape index (κ1) is 27.5. The average molecular weight is 427 g/mol. The molecule has 0 aromatic carbocycles. The van der Waals surface area contributed by atoms with Crippen molar-refractivity contribution in [3.8, 4) is 0 Å². The molecule has 0 aromatic heterocycles. The third kappa shape index (κ3) is 17.1. The summed E-state index contributed by atoms with van der Waals surface area (Å²) in [5.41, 5.74) is 0. The van der Waals surface area contributed by atoms with Crippen LogP contribution in [-0.2, 0) is 4.74 Å². The molecule has 27 heavy (non-hydrogen) atoms. The molecule has 0 amide bonds. The highest BCUT2D eigenvalue weighted by Gasteiger charge is 2.19. The summed E-state index contributed by atoms with van der Waals surface area (Å²) in [4.78, 5) is 0. The molecule has 0 aliphatic heterocycles. The Kier molecular flexibility index (Phi) is 20.1. The van der Waals surface area contributed by atoms with Gasteiger partial charge in [-0.1, -0.05) is 90.9 Å². The minimum atomic E-state index is -0.693. The van der Waals surface area contributed by atoms with Crippen molar-refractivity contribution in [2.45, 2.75) is 127 Å². The Hall–Kier alpha value is 0.460. The Balaban J connectivity index is 3.65. The SMILES string of the molecule is CCCCCCCCC(Cl)C(O)COCC(O)C(Cl)CCCCCCCC. The monoisotopic (exact) mass is 426 g/mol. The molecule has 0 heterocycles. The van der Waals surface area contributed by atoms with Crippen molar-refractivity contribution >= 4 is 23.2 Å². The smallest absolute Gasteiger partial charge is 0.0936 e. The Morgan fingerprint density at radius 1 is 0.593 bits per heavy atom. The van der Waals surface area contributed by atoms with Gasteiger partial charge >= 0.3 is 0 Å². The van der Waals surface area contributed by atoms with Crippen LogP contribution in [0.25, 0.3) is 0 Å². The summed E-state index contributed by atoms with van der Waals surface area (Å²) in [6.07, 6.45) is 14.8. The number of rotatable bonds is 20. The molecule has 164 valence electrons. The van der Waals surface area contributed by atoms with Gasteiger partial charge in [-0.3, -0.25) is 0 Å². The van der Waals surface area contributed by atoms with Gasteiger partial charge in [0, 0.05) is 0 Å². The molecule has 0 aliphatic rings. The molecule has 0 spiro atoms. The zero-order valence-corrected chi connectivity index (χ0v) is 19.2. The number of unbranched alkanes of at least 4 members (excludes halogenated alkanes) is 10. The zero-order chi connectivity index (χ0) is 20.3. The molecule has 3 nitrogen and oxygen atoms in total. The molecule has 0 aliphatic carbocycles. The number of aliphatic hydroxyl groups is 2. The van der Waals surface area contributed by atoms with Crippen LogP contribution < -0.4 is 0 Å². The second-order valence-electron chi connectivity index (χ2n) is 7.82. The lowest BCUT2D eigenvalue weighted by molar-refractivity contribution is -0.0106. The van der Waals surface area contributed by atoms with Crippen LogP contribution in [0.1, 0.15) is 104 Å². The number of alkyl halides is 2. The first-order valence-electron chi connectivity index (χ1n) is 11.2. The number of hydrogen-bond acceptors (Lipinski definition) is 3. The maximum Gasteiger partial charge on any atom is 0.0936 e. The van der Waals surface area contributed by atoms with Crippen LogP contribution in [-0.4, -0.2) is 46.4 Å². The predicted molar refractivity (Wildman–Crippen MR) is 118 cm³/mol. The van der Waals surface area contributed by atoms with Gasteiger partial charge in [-0.05, 0) is 12.8 Å². The van der Waals surface area contributed by atoms with Crippen molar-refractivity contribution in [2.75, 3.05) is 13.2 Å². The number of hydrogen-bond donors (Lipinski definition) is 2. The fourth-order valence-electron chi connectivity index (χ4n) is 3.14. The van der Waals surface area contributed by atoms with Crippen molar-refractivity contribution in [1.29, 1.82) is 0 Å². The third-order valence-corrected chi connectivity index (χ3v) is 6.10. The van der Waals surface area contributed by atoms with Gasteiger partial charge in [0.25, 0.3) is 0 Å². The van der Waals surface area contributed by atoms with E-state index in [4.69, 9.17) is 27.9 Å². The van der Waals surface area contributed by atoms with E-state index in [1.807, 2.05) is 0 Å². The second kappa shape index (κ2) is 19.8. The van der Waals surface area contributed by atoms with Gasteiger partial charge in [-0.2, -0.15) is 0 Å². The lowest BCUT2D eigenvalue weighted by Crippen LogP contribution is -2.31. The summed E-state index contributed by atoms with van der Waals surface area (Å²) in [7, 11) is 0. The number of halogens is 2. The second-order valence-corrected chi connectivity index (χ2v) is 8.94. The molecule has 5 heteroatoms. The molecular weight excluding hydrogens is 383 g/mol. The van der Waals surface area contributed by atoms with E-state index in [-0.39, 0.29) is 24.0 Å². The zero-order valence-electron chi connectivity index (χ0n) is 17.7. The quantitative estimate of drug-likeness (QED) is 0.174. The Morgan fingerprint density at radius 3 is 1.30 bits per heavy atom. The highest BCUT2D eigenvalue weighted by atomic mass is 35.5. The lowest BCUT2D eigenvalue weighted by atomic mass is 10.1. The normalized spacial score (nSPS) is 16.2. The summed E-state index contributed by atoms with van der Waals surface area (Å²) < 4.78 is 5.45. The molecule has 0 bridgehead atoms. The van der Waals surface area contributed by atoms with Crippen molar-refractivity contribution in [1.82, 2.24) is 0 Å². The fraction of sp³-hybridized carbons (Fsp3) is 1.00. The van der Waals surface area contributed by atoms with E-state index in [1.54, 1.807) is 0 Å². The molecule has 0 radical (unpaired) electrons. The lowest BCUT2D eigenvalue weighted by Gasteiger charge is -2.20. The van der Waals surface area contributed by atoms with Crippen molar-refractivity contribution in [3.05, 3.63) is 0 Å². The van der Waals surface area contributed by atoms with E-state index < -0.39 is 12.2 Å². The maximum absolute atomic E-state index is 10.1. The van der Waals surface area contributed by atoms with Crippen LogP contribution in [0, 0.1) is 0 Å². The number of ether oxygens (including phenoxy) is 1. The van der Waals surface area contributed by atoms with Crippen LogP contribution in [0.3, 0.4) is 0 Å². The predicted octanol–water partition coefficient (Wildman–Crippen LogP) is 6.44. The molecule has 0 rings (SSSR count). The molecule has 0 fully saturated rings. The van der Waals surface area contributed by atoms with E-state index in [0.29, 0.717) is 0 Å². The minimum Gasteiger partial charge on any atom is -0.389 e. The Labute approximate surface area is 178 Å². The molecule has 0 saturated heterocycles. The standard InChI is InChI=1S/C22H44Cl2O3/c1-3-5-7-9-11-13-15-19(23)21(25)17-27-18-22(26)20(24)16-14-12-10-8-6-4-2/h19-22,25-26H,3-18H2,1-2H3. The highest BCUT2D eigenvalue weighted by Crippen LogP contribution is 2.17. The first-order chi connectivity index (χ1) is 13.0. The molecule has 0 aromatic rings. The van der Waals surface area contributed by atoms with Gasteiger partial charge in [0.05, 0.1) is 36.2 Å². The summed E-state index contributed by atoms with van der Waals surface area (Å²) in [5, 5.41) is 19.6. The third-order valence-electron chi connectivity index (χ3n) is 5.08. The van der Waals surface area contributed by atoms with Gasteiger partial charge in [0.1, 0.15) is 0 Å². The van der Waals surface area contributed by atoms with E-state index in [2.05, 4.69) is 13.8 Å². The van der Waals surface area contributed by atoms with Gasteiger partial charge in [-0.25, -0.2) is 0 Å². The maximum atomic E-state index is 10.1. The largest absolute Gasteiger partial charge is 0.389 e. The molecule has 2 N–H and O–H groups in total. The average Bonchev–Trinajstić information content (AvgIpc) is 2.66. The van der Waals surface area contributed by atoms with Gasteiger partial charge in [0.2, 0.25) is 0 Å². The minimum absolute atomic E-state index is 0.154. The topological polar surface area (TPSA) is 49.7 Å². The van der Waals surface area contributed by atoms with E-state index >= 15 is 0 Å². The highest BCUT2D eigenvalue weighted by molar-refractivity contribution is 6.21. The summed E-state index contributed by atoms with van der Waals surface area (Å²) >= 11 is 12.5. The number of aliphatic hydroxyl groups excluding tert-OH is 2. The first-order valence-corrected chi connectivity index (χ1v) is 12.1. The Bertz CT molecular complexity index is 277. The molecule has 4 unspecified atom stereocenters. The molecule has 0 saturated carbocycles. The summed E-state index contributed by atoms with van der Waals surface area (Å²) in [6.45, 7) is 4.73. The van der Waals surface area contributed by atoms with Crippen LogP contribution >= 0.6 is 23.2 Å². The van der Waals surface area contributed by atoms with Crippen molar-refractivity contribution in [3.63, 3.8) is 0 Å². The van der Waals surface area contributed by atoms with Crippen LogP contribution in [0.2, 0.25) is 0 Å². The van der Waals surface area contributed by atoms with Crippen LogP contribution in [0.5, 0.6) is 0 Å². The van der Waals surface area contributed by atoms with Crippen molar-refractivity contribution < 1.29 is 14.9 Å². The van der Waals surface area contributed by atoms with Gasteiger partial charge in [-0.15, -0.1) is 23.2 Å². The van der Waals surface area contributed by atoms with E-state index in [9.17, 15) is 10.2 Å². The van der Waals surface area contributed by atoms with Crippen LogP contribution in [0.15, 0.2) is 0 Å². The Morgan fingerprint density at radius 2 is 0.926 bits per heavy atom. The van der Waals surface area contributed by atoms with E-state index in [0.717, 1.165) is 25.7 Å². The van der Waals surface area contributed by atoms with Crippen molar-refractivity contribution in [2.24, 2.45) is 0 Å². The van der Waals surface area contributed by atoms with E-state index in [1.165, 1.54) is 64.2 Å².